The number of rotatable bonds is 7. The molecule has 0 aliphatic carbocycles. The van der Waals surface area contributed by atoms with Gasteiger partial charge in [0.1, 0.15) is 0 Å². The highest BCUT2D eigenvalue weighted by molar-refractivity contribution is 7.86. The summed E-state index contributed by atoms with van der Waals surface area (Å²) in [6.07, 6.45) is 0.558. The van der Waals surface area contributed by atoms with Crippen molar-refractivity contribution < 1.29 is 17.5 Å². The van der Waals surface area contributed by atoms with Crippen molar-refractivity contribution >= 4 is 10.1 Å². The van der Waals surface area contributed by atoms with Gasteiger partial charge in [-0.1, -0.05) is 17.7 Å². The van der Waals surface area contributed by atoms with E-state index in [1.54, 1.807) is 12.1 Å². The standard InChI is InChI=1S/C13H19NO5S/c1-11-5-7-12(8-6-11)20(17,18)19-10-4-9-13(2,3)14(15)16/h5-8H,4,9-10H2,1-3H3. The molecule has 0 N–H and O–H groups in total. The molecule has 0 saturated heterocycles. The third kappa shape index (κ3) is 4.57. The fraction of sp³-hybridized carbons (Fsp3) is 0.538. The van der Waals surface area contributed by atoms with E-state index in [2.05, 4.69) is 0 Å². The molecule has 112 valence electrons. The lowest BCUT2D eigenvalue weighted by atomic mass is 10.0. The molecule has 0 aliphatic heterocycles. The second-order valence-corrected chi connectivity index (χ2v) is 6.88. The molecule has 6 nitrogen and oxygen atoms in total. The summed E-state index contributed by atoms with van der Waals surface area (Å²) in [5, 5.41) is 10.7. The molecule has 20 heavy (non-hydrogen) atoms. The van der Waals surface area contributed by atoms with Gasteiger partial charge >= 0.3 is 0 Å². The van der Waals surface area contributed by atoms with Crippen LogP contribution in [-0.2, 0) is 14.3 Å². The maximum atomic E-state index is 11.8. The fourth-order valence-electron chi connectivity index (χ4n) is 1.54. The van der Waals surface area contributed by atoms with Crippen LogP contribution >= 0.6 is 0 Å². The molecule has 0 saturated carbocycles. The predicted molar refractivity (Wildman–Crippen MR) is 74.6 cm³/mol. The van der Waals surface area contributed by atoms with Gasteiger partial charge < -0.3 is 0 Å². The Hall–Kier alpha value is -1.47. The predicted octanol–water partition coefficient (Wildman–Crippen LogP) is 2.54. The average Bonchev–Trinajstić information content (AvgIpc) is 2.35. The van der Waals surface area contributed by atoms with Crippen molar-refractivity contribution in [3.63, 3.8) is 0 Å². The van der Waals surface area contributed by atoms with Crippen LogP contribution < -0.4 is 0 Å². The van der Waals surface area contributed by atoms with Crippen molar-refractivity contribution in [2.75, 3.05) is 6.61 Å². The Morgan fingerprint density at radius 3 is 2.30 bits per heavy atom. The quantitative estimate of drug-likeness (QED) is 0.334. The van der Waals surface area contributed by atoms with Crippen LogP contribution in [0.25, 0.3) is 0 Å². The van der Waals surface area contributed by atoms with Crippen molar-refractivity contribution in [1.29, 1.82) is 0 Å². The molecule has 7 heteroatoms. The zero-order chi connectivity index (χ0) is 15.4. The van der Waals surface area contributed by atoms with Crippen LogP contribution in [0, 0.1) is 17.0 Å². The van der Waals surface area contributed by atoms with Gasteiger partial charge in [0, 0.05) is 25.2 Å². The molecule has 0 aromatic heterocycles. The van der Waals surface area contributed by atoms with Crippen molar-refractivity contribution in [2.24, 2.45) is 0 Å². The molecule has 0 aliphatic rings. The van der Waals surface area contributed by atoms with Gasteiger partial charge in [0.2, 0.25) is 5.54 Å². The Kier molecular flexibility index (Phi) is 5.24. The highest BCUT2D eigenvalue weighted by atomic mass is 32.2. The molecule has 0 heterocycles. The fourth-order valence-corrected chi connectivity index (χ4v) is 2.48. The first-order valence-corrected chi connectivity index (χ1v) is 7.66. The summed E-state index contributed by atoms with van der Waals surface area (Å²) in [6, 6.07) is 6.33. The normalized spacial score (nSPS) is 12.3. The highest BCUT2D eigenvalue weighted by Crippen LogP contribution is 2.17. The lowest BCUT2D eigenvalue weighted by Crippen LogP contribution is -2.31. The van der Waals surface area contributed by atoms with E-state index in [0.29, 0.717) is 6.42 Å². The first-order valence-electron chi connectivity index (χ1n) is 6.26. The number of benzene rings is 1. The maximum absolute atomic E-state index is 11.8. The number of nitrogens with zero attached hydrogens (tertiary/aromatic N) is 1. The van der Waals surface area contributed by atoms with Gasteiger partial charge in [-0.05, 0) is 25.5 Å². The minimum absolute atomic E-state index is 0.0620. The Balaban J connectivity index is 2.53. The number of hydrogen-bond acceptors (Lipinski definition) is 5. The summed E-state index contributed by atoms with van der Waals surface area (Å²) in [5.74, 6) is 0. The summed E-state index contributed by atoms with van der Waals surface area (Å²) in [4.78, 5) is 10.4. The first kappa shape index (κ1) is 16.6. The second-order valence-electron chi connectivity index (χ2n) is 5.26. The number of hydrogen-bond donors (Lipinski definition) is 0. The third-order valence-corrected chi connectivity index (χ3v) is 4.30. The molecule has 0 radical (unpaired) electrons. The molecule has 0 atom stereocenters. The van der Waals surface area contributed by atoms with Crippen LogP contribution in [0.1, 0.15) is 32.3 Å². The van der Waals surface area contributed by atoms with Crippen LogP contribution in [0.15, 0.2) is 29.2 Å². The van der Waals surface area contributed by atoms with Gasteiger partial charge in [0.15, 0.2) is 0 Å². The van der Waals surface area contributed by atoms with Crippen LogP contribution in [0.5, 0.6) is 0 Å². The van der Waals surface area contributed by atoms with Gasteiger partial charge in [0.25, 0.3) is 10.1 Å². The van der Waals surface area contributed by atoms with Crippen LogP contribution in [0.2, 0.25) is 0 Å². The molecule has 1 rings (SSSR count). The van der Waals surface area contributed by atoms with E-state index in [-0.39, 0.29) is 22.8 Å². The molecule has 1 aromatic carbocycles. The van der Waals surface area contributed by atoms with E-state index < -0.39 is 15.7 Å². The molecule has 0 amide bonds. The van der Waals surface area contributed by atoms with E-state index in [1.807, 2.05) is 6.92 Å². The smallest absolute Gasteiger partial charge is 0.266 e. The van der Waals surface area contributed by atoms with E-state index in [9.17, 15) is 18.5 Å². The Bertz CT molecular complexity index is 563. The number of nitro groups is 1. The van der Waals surface area contributed by atoms with E-state index in [1.165, 1.54) is 26.0 Å². The van der Waals surface area contributed by atoms with Crippen molar-refractivity contribution in [3.05, 3.63) is 39.9 Å². The largest absolute Gasteiger partial charge is 0.296 e. The van der Waals surface area contributed by atoms with Gasteiger partial charge in [-0.25, -0.2) is 0 Å². The van der Waals surface area contributed by atoms with Crippen LogP contribution in [0.3, 0.4) is 0 Å². The van der Waals surface area contributed by atoms with Crippen molar-refractivity contribution in [1.82, 2.24) is 0 Å². The van der Waals surface area contributed by atoms with E-state index >= 15 is 0 Å². The van der Waals surface area contributed by atoms with Crippen molar-refractivity contribution in [2.45, 2.75) is 44.0 Å². The van der Waals surface area contributed by atoms with Crippen LogP contribution in [0.4, 0.5) is 0 Å². The van der Waals surface area contributed by atoms with Crippen molar-refractivity contribution in [3.8, 4) is 0 Å². The van der Waals surface area contributed by atoms with E-state index in [4.69, 9.17) is 4.18 Å². The molecule has 0 unspecified atom stereocenters. The highest BCUT2D eigenvalue weighted by Gasteiger charge is 2.30. The van der Waals surface area contributed by atoms with Gasteiger partial charge in [-0.15, -0.1) is 0 Å². The summed E-state index contributed by atoms with van der Waals surface area (Å²) >= 11 is 0. The Labute approximate surface area is 119 Å². The maximum Gasteiger partial charge on any atom is 0.296 e. The molecule has 1 aromatic rings. The average molecular weight is 301 g/mol. The minimum atomic E-state index is -3.78. The summed E-state index contributed by atoms with van der Waals surface area (Å²) in [5.41, 5.74) is -0.117. The summed E-state index contributed by atoms with van der Waals surface area (Å²) in [7, 11) is -3.78. The third-order valence-electron chi connectivity index (χ3n) is 2.98. The second kappa shape index (κ2) is 6.32. The Morgan fingerprint density at radius 1 is 1.25 bits per heavy atom. The summed E-state index contributed by atoms with van der Waals surface area (Å²) < 4.78 is 28.6. The molecule has 0 spiro atoms. The van der Waals surface area contributed by atoms with E-state index in [0.717, 1.165) is 5.56 Å². The van der Waals surface area contributed by atoms with Gasteiger partial charge in [-0.2, -0.15) is 8.42 Å². The topological polar surface area (TPSA) is 86.5 Å². The lowest BCUT2D eigenvalue weighted by molar-refractivity contribution is -0.561. The molecular formula is C13H19NO5S. The first-order chi connectivity index (χ1) is 9.15. The van der Waals surface area contributed by atoms with Gasteiger partial charge in [-0.3, -0.25) is 14.3 Å². The SMILES string of the molecule is Cc1ccc(S(=O)(=O)OCCCC(C)(C)[N+](=O)[O-])cc1. The summed E-state index contributed by atoms with van der Waals surface area (Å²) in [6.45, 7) is 4.80. The van der Waals surface area contributed by atoms with Gasteiger partial charge in [0.05, 0.1) is 11.5 Å². The zero-order valence-electron chi connectivity index (χ0n) is 11.8. The molecular weight excluding hydrogens is 282 g/mol. The number of aryl methyl sites for hydroxylation is 1. The minimum Gasteiger partial charge on any atom is -0.266 e. The molecule has 0 fully saturated rings. The Morgan fingerprint density at radius 2 is 1.80 bits per heavy atom. The monoisotopic (exact) mass is 301 g/mol. The van der Waals surface area contributed by atoms with Crippen LogP contribution in [-0.4, -0.2) is 25.5 Å². The zero-order valence-corrected chi connectivity index (χ0v) is 12.6. The lowest BCUT2D eigenvalue weighted by Gasteiger charge is -2.15. The molecule has 0 bridgehead atoms.